The highest BCUT2D eigenvalue weighted by Gasteiger charge is 2.02. The van der Waals surface area contributed by atoms with E-state index in [0.29, 0.717) is 5.92 Å². The summed E-state index contributed by atoms with van der Waals surface area (Å²) in [5, 5.41) is 7.80. The summed E-state index contributed by atoms with van der Waals surface area (Å²) in [4.78, 5) is 1.25. The zero-order valence-electron chi connectivity index (χ0n) is 11.5. The molecular formula is C15H21FN2S. The molecule has 19 heavy (non-hydrogen) atoms. The number of rotatable bonds is 7. The monoisotopic (exact) mass is 280 g/mol. The van der Waals surface area contributed by atoms with Crippen molar-refractivity contribution in [1.82, 2.24) is 10.6 Å². The molecule has 2 N–H and O–H groups in total. The Morgan fingerprint density at radius 1 is 1.16 bits per heavy atom. The van der Waals surface area contributed by atoms with Crippen LogP contribution in [0.25, 0.3) is 10.1 Å². The number of nitrogens with one attached hydrogen (secondary N) is 2. The van der Waals surface area contributed by atoms with Crippen molar-refractivity contribution in [3.05, 3.63) is 35.0 Å². The van der Waals surface area contributed by atoms with Gasteiger partial charge in [-0.1, -0.05) is 13.8 Å². The second-order valence-electron chi connectivity index (χ2n) is 5.17. The lowest BCUT2D eigenvalue weighted by atomic mass is 10.2. The standard InChI is InChI=1S/C15H21FN2S/c1-11(2)9-17-5-6-18-10-14-8-12-7-13(16)3-4-15(12)19-14/h3-4,7-8,11,17-18H,5-6,9-10H2,1-2H3. The molecule has 0 unspecified atom stereocenters. The van der Waals surface area contributed by atoms with Crippen LogP contribution >= 0.6 is 11.3 Å². The van der Waals surface area contributed by atoms with Gasteiger partial charge in [0.1, 0.15) is 5.82 Å². The Bertz CT molecular complexity index is 522. The molecule has 0 fully saturated rings. The third-order valence-electron chi connectivity index (χ3n) is 2.86. The van der Waals surface area contributed by atoms with Crippen LogP contribution in [0, 0.1) is 11.7 Å². The second kappa shape index (κ2) is 6.98. The molecule has 1 aromatic carbocycles. The minimum atomic E-state index is -0.164. The number of benzene rings is 1. The lowest BCUT2D eigenvalue weighted by Gasteiger charge is -2.07. The van der Waals surface area contributed by atoms with Gasteiger partial charge in [-0.05, 0) is 42.1 Å². The molecular weight excluding hydrogens is 259 g/mol. The SMILES string of the molecule is CC(C)CNCCNCc1cc2cc(F)ccc2s1. The molecule has 0 amide bonds. The van der Waals surface area contributed by atoms with Crippen LogP contribution in [0.4, 0.5) is 4.39 Å². The minimum Gasteiger partial charge on any atom is -0.315 e. The molecule has 0 spiro atoms. The Hall–Kier alpha value is -0.970. The van der Waals surface area contributed by atoms with E-state index in [1.54, 1.807) is 17.4 Å². The minimum absolute atomic E-state index is 0.164. The zero-order valence-corrected chi connectivity index (χ0v) is 12.3. The quantitative estimate of drug-likeness (QED) is 0.760. The molecule has 0 bridgehead atoms. The Morgan fingerprint density at radius 3 is 2.74 bits per heavy atom. The largest absolute Gasteiger partial charge is 0.315 e. The van der Waals surface area contributed by atoms with Gasteiger partial charge in [-0.15, -0.1) is 11.3 Å². The summed E-state index contributed by atoms with van der Waals surface area (Å²) in [7, 11) is 0. The second-order valence-corrected chi connectivity index (χ2v) is 6.34. The molecule has 0 radical (unpaired) electrons. The molecule has 0 atom stereocenters. The van der Waals surface area contributed by atoms with Gasteiger partial charge in [0.15, 0.2) is 0 Å². The highest BCUT2D eigenvalue weighted by molar-refractivity contribution is 7.19. The van der Waals surface area contributed by atoms with Gasteiger partial charge in [0.25, 0.3) is 0 Å². The fourth-order valence-electron chi connectivity index (χ4n) is 1.94. The number of fused-ring (bicyclic) bond motifs is 1. The van der Waals surface area contributed by atoms with Crippen LogP contribution in [-0.4, -0.2) is 19.6 Å². The summed E-state index contributed by atoms with van der Waals surface area (Å²) >= 11 is 1.73. The van der Waals surface area contributed by atoms with Crippen molar-refractivity contribution >= 4 is 21.4 Å². The molecule has 2 rings (SSSR count). The van der Waals surface area contributed by atoms with Gasteiger partial charge in [-0.2, -0.15) is 0 Å². The first-order valence-electron chi connectivity index (χ1n) is 6.74. The zero-order chi connectivity index (χ0) is 13.7. The van der Waals surface area contributed by atoms with Crippen LogP contribution < -0.4 is 10.6 Å². The molecule has 1 heterocycles. The van der Waals surface area contributed by atoms with Gasteiger partial charge < -0.3 is 10.6 Å². The molecule has 0 aliphatic rings. The van der Waals surface area contributed by atoms with E-state index in [2.05, 4.69) is 30.5 Å². The van der Waals surface area contributed by atoms with E-state index in [4.69, 9.17) is 0 Å². The van der Waals surface area contributed by atoms with E-state index in [1.807, 2.05) is 6.07 Å². The van der Waals surface area contributed by atoms with Gasteiger partial charge in [-0.3, -0.25) is 0 Å². The average molecular weight is 280 g/mol. The predicted octanol–water partition coefficient (Wildman–Crippen LogP) is 3.38. The van der Waals surface area contributed by atoms with Crippen LogP contribution in [0.3, 0.4) is 0 Å². The van der Waals surface area contributed by atoms with Crippen molar-refractivity contribution in [1.29, 1.82) is 0 Å². The van der Waals surface area contributed by atoms with Crippen LogP contribution in [0.5, 0.6) is 0 Å². The van der Waals surface area contributed by atoms with Crippen molar-refractivity contribution in [2.75, 3.05) is 19.6 Å². The molecule has 1 aromatic heterocycles. The van der Waals surface area contributed by atoms with Crippen molar-refractivity contribution in [3.8, 4) is 0 Å². The smallest absolute Gasteiger partial charge is 0.123 e. The predicted molar refractivity (Wildman–Crippen MR) is 81.2 cm³/mol. The first-order chi connectivity index (χ1) is 9.15. The summed E-state index contributed by atoms with van der Waals surface area (Å²) in [6, 6.07) is 7.03. The normalized spacial score (nSPS) is 11.6. The van der Waals surface area contributed by atoms with E-state index in [1.165, 1.54) is 10.9 Å². The van der Waals surface area contributed by atoms with E-state index in [0.717, 1.165) is 36.3 Å². The molecule has 4 heteroatoms. The third-order valence-corrected chi connectivity index (χ3v) is 3.98. The fourth-order valence-corrected chi connectivity index (χ4v) is 2.95. The third kappa shape index (κ3) is 4.56. The maximum atomic E-state index is 13.1. The van der Waals surface area contributed by atoms with E-state index in [9.17, 15) is 4.39 Å². The summed E-state index contributed by atoms with van der Waals surface area (Å²) in [5.74, 6) is 0.528. The molecule has 104 valence electrons. The number of hydrogen-bond donors (Lipinski definition) is 2. The number of thiophene rings is 1. The fraction of sp³-hybridized carbons (Fsp3) is 0.467. The first-order valence-corrected chi connectivity index (χ1v) is 7.56. The van der Waals surface area contributed by atoms with Crippen molar-refractivity contribution in [3.63, 3.8) is 0 Å². The summed E-state index contributed by atoms with van der Waals surface area (Å²) in [6.45, 7) is 8.26. The lowest BCUT2D eigenvalue weighted by molar-refractivity contribution is 0.536. The summed E-state index contributed by atoms with van der Waals surface area (Å²) in [6.07, 6.45) is 0. The highest BCUT2D eigenvalue weighted by atomic mass is 32.1. The van der Waals surface area contributed by atoms with E-state index in [-0.39, 0.29) is 5.82 Å². The lowest BCUT2D eigenvalue weighted by Crippen LogP contribution is -2.29. The topological polar surface area (TPSA) is 24.1 Å². The number of hydrogen-bond acceptors (Lipinski definition) is 3. The van der Waals surface area contributed by atoms with Crippen LogP contribution in [0.2, 0.25) is 0 Å². The Kier molecular flexibility index (Phi) is 5.31. The molecule has 0 aliphatic heterocycles. The Balaban J connectivity index is 1.75. The molecule has 2 nitrogen and oxygen atoms in total. The van der Waals surface area contributed by atoms with Gasteiger partial charge >= 0.3 is 0 Å². The van der Waals surface area contributed by atoms with Crippen molar-refractivity contribution in [2.45, 2.75) is 20.4 Å². The maximum absolute atomic E-state index is 13.1. The number of halogens is 1. The molecule has 0 aliphatic carbocycles. The van der Waals surface area contributed by atoms with Crippen LogP contribution in [0.1, 0.15) is 18.7 Å². The van der Waals surface area contributed by atoms with Gasteiger partial charge in [0, 0.05) is 29.2 Å². The molecule has 0 saturated heterocycles. The molecule has 2 aromatic rings. The van der Waals surface area contributed by atoms with Crippen LogP contribution in [0.15, 0.2) is 24.3 Å². The first kappa shape index (κ1) is 14.4. The van der Waals surface area contributed by atoms with Gasteiger partial charge in [-0.25, -0.2) is 4.39 Å². The van der Waals surface area contributed by atoms with Crippen molar-refractivity contribution in [2.24, 2.45) is 5.92 Å². The molecule has 0 saturated carbocycles. The summed E-state index contributed by atoms with van der Waals surface area (Å²) in [5.41, 5.74) is 0. The van der Waals surface area contributed by atoms with Gasteiger partial charge in [0.2, 0.25) is 0 Å². The summed E-state index contributed by atoms with van der Waals surface area (Å²) < 4.78 is 14.2. The Labute approximate surface area is 118 Å². The van der Waals surface area contributed by atoms with E-state index < -0.39 is 0 Å². The van der Waals surface area contributed by atoms with E-state index >= 15 is 0 Å². The van der Waals surface area contributed by atoms with Crippen molar-refractivity contribution < 1.29 is 4.39 Å². The highest BCUT2D eigenvalue weighted by Crippen LogP contribution is 2.25. The van der Waals surface area contributed by atoms with Crippen LogP contribution in [-0.2, 0) is 6.54 Å². The van der Waals surface area contributed by atoms with Gasteiger partial charge in [0.05, 0.1) is 0 Å². The maximum Gasteiger partial charge on any atom is 0.123 e. The Morgan fingerprint density at radius 2 is 1.95 bits per heavy atom. The average Bonchev–Trinajstić information content (AvgIpc) is 2.75.